The van der Waals surface area contributed by atoms with Crippen molar-refractivity contribution in [1.29, 1.82) is 0 Å². The average Bonchev–Trinajstić information content (AvgIpc) is 3.08. The number of amides is 1. The van der Waals surface area contributed by atoms with E-state index in [1.54, 1.807) is 6.20 Å². The summed E-state index contributed by atoms with van der Waals surface area (Å²) in [6.45, 7) is 8.12. The number of nitrogens with one attached hydrogen (secondary N) is 2. The second-order valence-electron chi connectivity index (χ2n) is 5.18. The van der Waals surface area contributed by atoms with Gasteiger partial charge in [0, 0.05) is 29.4 Å². The summed E-state index contributed by atoms with van der Waals surface area (Å²) in [5, 5.41) is 8.91. The van der Waals surface area contributed by atoms with Gasteiger partial charge in [-0.05, 0) is 44.3 Å². The molecule has 0 aliphatic heterocycles. The molecule has 0 saturated carbocycles. The molecule has 0 unspecified atom stereocenters. The van der Waals surface area contributed by atoms with Crippen LogP contribution >= 0.6 is 11.3 Å². The van der Waals surface area contributed by atoms with Gasteiger partial charge in [0.2, 0.25) is 0 Å². The minimum Gasteiger partial charge on any atom is -0.352 e. The smallest absolute Gasteiger partial charge is 0.251 e. The van der Waals surface area contributed by atoms with Gasteiger partial charge in [-0.25, -0.2) is 4.98 Å². The largest absolute Gasteiger partial charge is 0.352 e. The van der Waals surface area contributed by atoms with Crippen LogP contribution in [0, 0.1) is 0 Å². The summed E-state index contributed by atoms with van der Waals surface area (Å²) < 4.78 is 0. The van der Waals surface area contributed by atoms with Gasteiger partial charge in [0.1, 0.15) is 0 Å². The van der Waals surface area contributed by atoms with Crippen LogP contribution in [0.5, 0.6) is 0 Å². The van der Waals surface area contributed by atoms with Crippen molar-refractivity contribution < 1.29 is 4.79 Å². The van der Waals surface area contributed by atoms with E-state index in [9.17, 15) is 4.79 Å². The van der Waals surface area contributed by atoms with Crippen LogP contribution in [0.1, 0.15) is 30.6 Å². The predicted molar refractivity (Wildman–Crippen MR) is 96.6 cm³/mol. The van der Waals surface area contributed by atoms with E-state index in [4.69, 9.17) is 0 Å². The van der Waals surface area contributed by atoms with Gasteiger partial charge in [0.25, 0.3) is 5.91 Å². The van der Waals surface area contributed by atoms with Crippen LogP contribution < -0.4 is 10.6 Å². The SMILES string of the molecule is CCN(CC)CCCNC(=O)c1cccc(Nc2nccs2)c1. The van der Waals surface area contributed by atoms with E-state index in [0.29, 0.717) is 12.1 Å². The lowest BCUT2D eigenvalue weighted by Crippen LogP contribution is -2.29. The number of carbonyl (C=O) groups is 1. The molecule has 0 aliphatic rings. The van der Waals surface area contributed by atoms with E-state index in [1.165, 1.54) is 11.3 Å². The Balaban J connectivity index is 1.82. The summed E-state index contributed by atoms with van der Waals surface area (Å²) in [5.41, 5.74) is 1.53. The molecule has 0 spiro atoms. The molecule has 2 rings (SSSR count). The van der Waals surface area contributed by atoms with E-state index in [1.807, 2.05) is 29.6 Å². The standard InChI is InChI=1S/C17H24N4OS/c1-3-21(4-2)11-6-9-18-16(22)14-7-5-8-15(13-14)20-17-19-10-12-23-17/h5,7-8,10,12-13H,3-4,6,9,11H2,1-2H3,(H,18,22)(H,19,20). The zero-order valence-corrected chi connectivity index (χ0v) is 14.5. The molecule has 2 aromatic rings. The highest BCUT2D eigenvalue weighted by atomic mass is 32.1. The molecule has 0 saturated heterocycles. The fourth-order valence-corrected chi connectivity index (χ4v) is 2.84. The number of carbonyl (C=O) groups excluding carboxylic acids is 1. The predicted octanol–water partition coefficient (Wildman–Crippen LogP) is 3.35. The van der Waals surface area contributed by atoms with Crippen molar-refractivity contribution >= 4 is 28.1 Å². The molecular weight excluding hydrogens is 308 g/mol. The van der Waals surface area contributed by atoms with Crippen molar-refractivity contribution in [2.75, 3.05) is 31.5 Å². The second kappa shape index (κ2) is 9.27. The molecule has 1 heterocycles. The van der Waals surface area contributed by atoms with Crippen LogP contribution in [-0.2, 0) is 0 Å². The summed E-state index contributed by atoms with van der Waals surface area (Å²) in [7, 11) is 0. The van der Waals surface area contributed by atoms with Gasteiger partial charge in [-0.1, -0.05) is 19.9 Å². The molecule has 5 nitrogen and oxygen atoms in total. The Bertz CT molecular complexity index is 596. The van der Waals surface area contributed by atoms with Gasteiger partial charge < -0.3 is 15.5 Å². The van der Waals surface area contributed by atoms with Crippen molar-refractivity contribution in [1.82, 2.24) is 15.2 Å². The molecule has 0 aliphatic carbocycles. The normalized spacial score (nSPS) is 10.7. The number of rotatable bonds is 9. The van der Waals surface area contributed by atoms with Gasteiger partial charge in [-0.2, -0.15) is 0 Å². The first-order chi connectivity index (χ1) is 11.2. The van der Waals surface area contributed by atoms with Crippen LogP contribution in [0.4, 0.5) is 10.8 Å². The lowest BCUT2D eigenvalue weighted by atomic mass is 10.2. The Hall–Kier alpha value is -1.92. The van der Waals surface area contributed by atoms with Gasteiger partial charge in [0.05, 0.1) is 0 Å². The third-order valence-corrected chi connectivity index (χ3v) is 4.33. The van der Waals surface area contributed by atoms with Crippen molar-refractivity contribution in [2.45, 2.75) is 20.3 Å². The topological polar surface area (TPSA) is 57.3 Å². The van der Waals surface area contributed by atoms with Crippen LogP contribution in [0.3, 0.4) is 0 Å². The van der Waals surface area contributed by atoms with Gasteiger partial charge in [0.15, 0.2) is 5.13 Å². The summed E-state index contributed by atoms with van der Waals surface area (Å²) >= 11 is 1.53. The second-order valence-corrected chi connectivity index (χ2v) is 6.07. The van der Waals surface area contributed by atoms with E-state index in [2.05, 4.69) is 34.4 Å². The summed E-state index contributed by atoms with van der Waals surface area (Å²) in [6, 6.07) is 7.48. The average molecular weight is 332 g/mol. The molecule has 2 N–H and O–H groups in total. The van der Waals surface area contributed by atoms with Gasteiger partial charge >= 0.3 is 0 Å². The molecule has 0 radical (unpaired) electrons. The number of nitrogens with zero attached hydrogens (tertiary/aromatic N) is 2. The monoisotopic (exact) mass is 332 g/mol. The van der Waals surface area contributed by atoms with Gasteiger partial charge in [-0.3, -0.25) is 4.79 Å². The molecule has 0 fully saturated rings. The molecule has 1 aromatic heterocycles. The lowest BCUT2D eigenvalue weighted by molar-refractivity contribution is 0.0952. The fraction of sp³-hybridized carbons (Fsp3) is 0.412. The van der Waals surface area contributed by atoms with Crippen LogP contribution in [-0.4, -0.2) is 42.0 Å². The number of thiazole rings is 1. The summed E-state index contributed by atoms with van der Waals surface area (Å²) in [6.07, 6.45) is 2.71. The highest BCUT2D eigenvalue weighted by Crippen LogP contribution is 2.19. The van der Waals surface area contributed by atoms with Crippen molar-refractivity contribution in [2.24, 2.45) is 0 Å². The third kappa shape index (κ3) is 5.65. The number of benzene rings is 1. The third-order valence-electron chi connectivity index (χ3n) is 3.64. The highest BCUT2D eigenvalue weighted by Gasteiger charge is 2.07. The molecule has 0 bridgehead atoms. The molecule has 23 heavy (non-hydrogen) atoms. The van der Waals surface area contributed by atoms with Crippen LogP contribution in [0.2, 0.25) is 0 Å². The van der Waals surface area contributed by atoms with Crippen LogP contribution in [0.15, 0.2) is 35.8 Å². The lowest BCUT2D eigenvalue weighted by Gasteiger charge is -2.17. The molecule has 124 valence electrons. The zero-order chi connectivity index (χ0) is 16.5. The zero-order valence-electron chi connectivity index (χ0n) is 13.7. The quantitative estimate of drug-likeness (QED) is 0.692. The first-order valence-corrected chi connectivity index (χ1v) is 8.88. The Kier molecular flexibility index (Phi) is 7.03. The number of anilines is 2. The Morgan fingerprint density at radius 1 is 1.30 bits per heavy atom. The maximum Gasteiger partial charge on any atom is 0.251 e. The fourth-order valence-electron chi connectivity index (χ4n) is 2.29. The molecule has 6 heteroatoms. The first-order valence-electron chi connectivity index (χ1n) is 8.00. The molecule has 1 aromatic carbocycles. The van der Waals surface area contributed by atoms with Crippen LogP contribution in [0.25, 0.3) is 0 Å². The molecule has 1 amide bonds. The number of aromatic nitrogens is 1. The Morgan fingerprint density at radius 3 is 2.83 bits per heavy atom. The number of hydrogen-bond donors (Lipinski definition) is 2. The minimum absolute atomic E-state index is 0.0349. The highest BCUT2D eigenvalue weighted by molar-refractivity contribution is 7.13. The molecule has 0 atom stereocenters. The van der Waals surface area contributed by atoms with E-state index >= 15 is 0 Å². The Morgan fingerprint density at radius 2 is 2.13 bits per heavy atom. The molecular formula is C17H24N4OS. The van der Waals surface area contributed by atoms with E-state index in [0.717, 1.165) is 36.9 Å². The maximum atomic E-state index is 12.2. The first kappa shape index (κ1) is 17.4. The Labute approximate surface area is 141 Å². The summed E-state index contributed by atoms with van der Waals surface area (Å²) in [4.78, 5) is 18.8. The van der Waals surface area contributed by atoms with Crippen molar-refractivity contribution in [3.8, 4) is 0 Å². The summed E-state index contributed by atoms with van der Waals surface area (Å²) in [5.74, 6) is -0.0349. The number of hydrogen-bond acceptors (Lipinski definition) is 5. The maximum absolute atomic E-state index is 12.2. The minimum atomic E-state index is -0.0349. The van der Waals surface area contributed by atoms with Gasteiger partial charge in [-0.15, -0.1) is 11.3 Å². The van der Waals surface area contributed by atoms with Crippen molar-refractivity contribution in [3.63, 3.8) is 0 Å². The van der Waals surface area contributed by atoms with Crippen molar-refractivity contribution in [3.05, 3.63) is 41.4 Å². The van der Waals surface area contributed by atoms with E-state index in [-0.39, 0.29) is 5.91 Å². The van der Waals surface area contributed by atoms with E-state index < -0.39 is 0 Å².